The molecule has 0 fully saturated rings. The molecule has 124 valence electrons. The standard InChI is InChI=1S/C16H20F2N4O/c1-12-10-21-22(11-12)8-2-6-19-16(23)20-7-5-13-3-4-14(17)9-15(13)18/h3-4,9-11H,2,5-8H2,1H3,(H2,19,20,23). The number of urea groups is 1. The number of rotatable bonds is 7. The average molecular weight is 322 g/mol. The van der Waals surface area contributed by atoms with E-state index in [1.807, 2.05) is 17.8 Å². The molecular weight excluding hydrogens is 302 g/mol. The Kier molecular flexibility index (Phi) is 6.08. The zero-order valence-electron chi connectivity index (χ0n) is 13.0. The molecule has 2 amide bonds. The number of aromatic nitrogens is 2. The third-order valence-corrected chi connectivity index (χ3v) is 3.31. The summed E-state index contributed by atoms with van der Waals surface area (Å²) in [5.41, 5.74) is 1.48. The lowest BCUT2D eigenvalue weighted by atomic mass is 10.1. The zero-order chi connectivity index (χ0) is 16.7. The smallest absolute Gasteiger partial charge is 0.314 e. The Hall–Kier alpha value is -2.44. The van der Waals surface area contributed by atoms with Crippen LogP contribution in [0.4, 0.5) is 13.6 Å². The van der Waals surface area contributed by atoms with Crippen LogP contribution >= 0.6 is 0 Å². The van der Waals surface area contributed by atoms with Crippen molar-refractivity contribution in [1.82, 2.24) is 20.4 Å². The molecule has 2 aromatic rings. The third-order valence-electron chi connectivity index (χ3n) is 3.31. The van der Waals surface area contributed by atoms with Crippen molar-refractivity contribution in [2.24, 2.45) is 0 Å². The summed E-state index contributed by atoms with van der Waals surface area (Å²) < 4.78 is 28.0. The molecule has 1 heterocycles. The van der Waals surface area contributed by atoms with Gasteiger partial charge in [0.2, 0.25) is 0 Å². The average Bonchev–Trinajstić information content (AvgIpc) is 2.91. The third kappa shape index (κ3) is 5.69. The van der Waals surface area contributed by atoms with Crippen LogP contribution in [0.3, 0.4) is 0 Å². The summed E-state index contributed by atoms with van der Waals surface area (Å²) in [7, 11) is 0. The van der Waals surface area contributed by atoms with Gasteiger partial charge in [0, 0.05) is 31.9 Å². The van der Waals surface area contributed by atoms with E-state index in [0.717, 1.165) is 24.6 Å². The van der Waals surface area contributed by atoms with Gasteiger partial charge in [0.1, 0.15) is 11.6 Å². The fourth-order valence-corrected chi connectivity index (χ4v) is 2.13. The van der Waals surface area contributed by atoms with Gasteiger partial charge < -0.3 is 10.6 Å². The second kappa shape index (κ2) is 8.26. The number of hydrogen-bond donors (Lipinski definition) is 2. The molecule has 0 saturated heterocycles. The summed E-state index contributed by atoms with van der Waals surface area (Å²) in [5, 5.41) is 9.52. The first-order chi connectivity index (χ1) is 11.0. The number of aryl methyl sites for hydroxylation is 2. The summed E-state index contributed by atoms with van der Waals surface area (Å²) in [6, 6.07) is 3.13. The highest BCUT2D eigenvalue weighted by molar-refractivity contribution is 5.73. The normalized spacial score (nSPS) is 10.6. The molecule has 0 bridgehead atoms. The van der Waals surface area contributed by atoms with Gasteiger partial charge in [-0.2, -0.15) is 5.10 Å². The highest BCUT2D eigenvalue weighted by Gasteiger charge is 2.05. The van der Waals surface area contributed by atoms with Crippen LogP contribution in [0, 0.1) is 18.6 Å². The number of halogens is 2. The van der Waals surface area contributed by atoms with E-state index in [2.05, 4.69) is 15.7 Å². The van der Waals surface area contributed by atoms with Crippen molar-refractivity contribution >= 4 is 6.03 Å². The van der Waals surface area contributed by atoms with E-state index >= 15 is 0 Å². The van der Waals surface area contributed by atoms with E-state index in [1.54, 1.807) is 6.20 Å². The highest BCUT2D eigenvalue weighted by Crippen LogP contribution is 2.09. The number of amides is 2. The zero-order valence-corrected chi connectivity index (χ0v) is 13.0. The van der Waals surface area contributed by atoms with Crippen molar-refractivity contribution < 1.29 is 13.6 Å². The second-order valence-electron chi connectivity index (χ2n) is 5.30. The van der Waals surface area contributed by atoms with E-state index < -0.39 is 11.6 Å². The van der Waals surface area contributed by atoms with Gasteiger partial charge in [-0.3, -0.25) is 4.68 Å². The molecule has 23 heavy (non-hydrogen) atoms. The monoisotopic (exact) mass is 322 g/mol. The van der Waals surface area contributed by atoms with Gasteiger partial charge in [0.25, 0.3) is 0 Å². The number of carbonyl (C=O) groups is 1. The summed E-state index contributed by atoms with van der Waals surface area (Å²) in [5.74, 6) is -1.20. The van der Waals surface area contributed by atoms with Crippen molar-refractivity contribution in [1.29, 1.82) is 0 Å². The SMILES string of the molecule is Cc1cnn(CCCNC(=O)NCCc2ccc(F)cc2F)c1. The molecular formula is C16H20F2N4O. The first-order valence-electron chi connectivity index (χ1n) is 7.49. The molecule has 2 rings (SSSR count). The molecule has 0 atom stereocenters. The van der Waals surface area contributed by atoms with E-state index in [9.17, 15) is 13.6 Å². The van der Waals surface area contributed by atoms with Crippen molar-refractivity contribution in [3.05, 3.63) is 53.4 Å². The lowest BCUT2D eigenvalue weighted by Crippen LogP contribution is -2.37. The van der Waals surface area contributed by atoms with Crippen LogP contribution in [0.15, 0.2) is 30.6 Å². The number of benzene rings is 1. The van der Waals surface area contributed by atoms with E-state index in [-0.39, 0.29) is 12.6 Å². The van der Waals surface area contributed by atoms with Crippen molar-refractivity contribution in [2.45, 2.75) is 26.3 Å². The molecule has 0 spiro atoms. The molecule has 1 aromatic carbocycles. The van der Waals surface area contributed by atoms with Crippen molar-refractivity contribution in [3.8, 4) is 0 Å². The van der Waals surface area contributed by atoms with Gasteiger partial charge >= 0.3 is 6.03 Å². The largest absolute Gasteiger partial charge is 0.338 e. The van der Waals surface area contributed by atoms with E-state index in [4.69, 9.17) is 0 Å². The highest BCUT2D eigenvalue weighted by atomic mass is 19.1. The van der Waals surface area contributed by atoms with Gasteiger partial charge in [-0.25, -0.2) is 13.6 Å². The molecule has 0 aliphatic heterocycles. The fraction of sp³-hybridized carbons (Fsp3) is 0.375. The Morgan fingerprint density at radius 2 is 2.04 bits per heavy atom. The Bertz CT molecular complexity index is 657. The summed E-state index contributed by atoms with van der Waals surface area (Å²) >= 11 is 0. The Labute approximate surface area is 133 Å². The van der Waals surface area contributed by atoms with Crippen LogP contribution < -0.4 is 10.6 Å². The number of nitrogens with zero attached hydrogens (tertiary/aromatic N) is 2. The van der Waals surface area contributed by atoms with Crippen LogP contribution in [0.1, 0.15) is 17.5 Å². The molecule has 0 unspecified atom stereocenters. The molecule has 0 saturated carbocycles. The number of nitrogens with one attached hydrogen (secondary N) is 2. The van der Waals surface area contributed by atoms with Gasteiger partial charge in [-0.15, -0.1) is 0 Å². The molecule has 2 N–H and O–H groups in total. The number of hydrogen-bond acceptors (Lipinski definition) is 2. The molecule has 0 aliphatic carbocycles. The lowest BCUT2D eigenvalue weighted by Gasteiger charge is -2.08. The van der Waals surface area contributed by atoms with Gasteiger partial charge in [-0.05, 0) is 37.0 Å². The van der Waals surface area contributed by atoms with Crippen LogP contribution in [0.25, 0.3) is 0 Å². The maximum atomic E-state index is 13.4. The predicted molar refractivity (Wildman–Crippen MR) is 83.0 cm³/mol. The summed E-state index contributed by atoms with van der Waals surface area (Å²) in [6.45, 7) is 3.51. The lowest BCUT2D eigenvalue weighted by molar-refractivity contribution is 0.240. The van der Waals surface area contributed by atoms with Crippen LogP contribution in [-0.2, 0) is 13.0 Å². The summed E-state index contributed by atoms with van der Waals surface area (Å²) in [4.78, 5) is 11.6. The minimum absolute atomic E-state index is 0.284. The first kappa shape index (κ1) is 16.9. The first-order valence-corrected chi connectivity index (χ1v) is 7.49. The molecule has 5 nitrogen and oxygen atoms in total. The topological polar surface area (TPSA) is 59.0 Å². The van der Waals surface area contributed by atoms with Crippen LogP contribution in [0.5, 0.6) is 0 Å². The van der Waals surface area contributed by atoms with E-state index in [1.165, 1.54) is 12.1 Å². The van der Waals surface area contributed by atoms with Crippen LogP contribution in [0.2, 0.25) is 0 Å². The molecule has 0 aliphatic rings. The minimum atomic E-state index is -0.607. The van der Waals surface area contributed by atoms with Crippen molar-refractivity contribution in [3.63, 3.8) is 0 Å². The minimum Gasteiger partial charge on any atom is -0.338 e. The molecule has 7 heteroatoms. The van der Waals surface area contributed by atoms with Gasteiger partial charge in [-0.1, -0.05) is 6.07 Å². The van der Waals surface area contributed by atoms with E-state index in [0.29, 0.717) is 18.5 Å². The van der Waals surface area contributed by atoms with Crippen LogP contribution in [-0.4, -0.2) is 28.9 Å². The quantitative estimate of drug-likeness (QED) is 0.769. The Balaban J connectivity index is 1.59. The van der Waals surface area contributed by atoms with Gasteiger partial charge in [0.05, 0.1) is 6.20 Å². The maximum absolute atomic E-state index is 13.4. The predicted octanol–water partition coefficient (Wildman–Crippen LogP) is 2.40. The van der Waals surface area contributed by atoms with Crippen molar-refractivity contribution in [2.75, 3.05) is 13.1 Å². The molecule has 1 aromatic heterocycles. The number of carbonyl (C=O) groups excluding carboxylic acids is 1. The Morgan fingerprint density at radius 1 is 1.26 bits per heavy atom. The summed E-state index contributed by atoms with van der Waals surface area (Å²) in [6.07, 6.45) is 4.80. The fourth-order valence-electron chi connectivity index (χ4n) is 2.13. The maximum Gasteiger partial charge on any atom is 0.314 e. The second-order valence-corrected chi connectivity index (χ2v) is 5.30. The Morgan fingerprint density at radius 3 is 2.74 bits per heavy atom. The van der Waals surface area contributed by atoms with Gasteiger partial charge in [0.15, 0.2) is 0 Å². The molecule has 0 radical (unpaired) electrons.